The van der Waals surface area contributed by atoms with E-state index < -0.39 is 0 Å². The topological polar surface area (TPSA) is 55.2 Å². The van der Waals surface area contributed by atoms with Crippen molar-refractivity contribution in [3.05, 3.63) is 60.2 Å². The van der Waals surface area contributed by atoms with Gasteiger partial charge in [-0.05, 0) is 44.5 Å². The molecular weight excluding hydrogens is 352 g/mol. The molecule has 0 spiro atoms. The number of nitro benzene ring substituents is 1. The van der Waals surface area contributed by atoms with Gasteiger partial charge in [0.05, 0.1) is 4.92 Å². The number of hydrogen-bond donors (Lipinski definition) is 1. The van der Waals surface area contributed by atoms with Crippen LogP contribution >= 0.6 is 27.3 Å². The summed E-state index contributed by atoms with van der Waals surface area (Å²) in [5.74, 6) is 0. The Kier molecular flexibility index (Phi) is 5.50. The molecule has 0 radical (unpaired) electrons. The maximum absolute atomic E-state index is 11.0. The Morgan fingerprint density at radius 1 is 1.38 bits per heavy atom. The smallest absolute Gasteiger partial charge is 0.273 e. The van der Waals surface area contributed by atoms with Gasteiger partial charge in [0.1, 0.15) is 0 Å². The van der Waals surface area contributed by atoms with Crippen molar-refractivity contribution >= 4 is 33.0 Å². The van der Waals surface area contributed by atoms with Crippen LogP contribution in [0.1, 0.15) is 22.2 Å². The van der Waals surface area contributed by atoms with Crippen LogP contribution in [0, 0.1) is 17.0 Å². The predicted octanol–water partition coefficient (Wildman–Crippen LogP) is 4.45. The molecule has 1 aromatic carbocycles. The highest BCUT2D eigenvalue weighted by Gasteiger charge is 2.14. The van der Waals surface area contributed by atoms with Crippen LogP contribution in [0.25, 0.3) is 0 Å². The van der Waals surface area contributed by atoms with E-state index in [9.17, 15) is 10.1 Å². The molecule has 0 saturated heterocycles. The van der Waals surface area contributed by atoms with E-state index in [4.69, 9.17) is 0 Å². The van der Waals surface area contributed by atoms with Gasteiger partial charge < -0.3 is 5.32 Å². The molecule has 112 valence electrons. The van der Waals surface area contributed by atoms with E-state index in [-0.39, 0.29) is 16.7 Å². The Labute approximate surface area is 136 Å². The zero-order valence-corrected chi connectivity index (χ0v) is 14.3. The minimum atomic E-state index is -0.337. The van der Waals surface area contributed by atoms with Crippen LogP contribution in [0.2, 0.25) is 0 Å². The van der Waals surface area contributed by atoms with Crippen molar-refractivity contribution in [2.45, 2.75) is 32.9 Å². The molecule has 0 amide bonds. The fourth-order valence-corrected chi connectivity index (χ4v) is 3.55. The third-order valence-electron chi connectivity index (χ3n) is 3.18. The number of benzene rings is 1. The number of aryl methyl sites for hydroxylation is 1. The van der Waals surface area contributed by atoms with Crippen LogP contribution in [0.4, 0.5) is 5.69 Å². The Hall–Kier alpha value is -1.24. The molecule has 21 heavy (non-hydrogen) atoms. The van der Waals surface area contributed by atoms with Crippen LogP contribution in [-0.4, -0.2) is 11.0 Å². The van der Waals surface area contributed by atoms with E-state index in [2.05, 4.69) is 47.2 Å². The van der Waals surface area contributed by atoms with E-state index >= 15 is 0 Å². The molecule has 1 aromatic heterocycles. The molecule has 0 fully saturated rings. The third-order valence-corrected chi connectivity index (χ3v) is 4.70. The first-order valence-electron chi connectivity index (χ1n) is 6.67. The molecule has 0 aliphatic heterocycles. The van der Waals surface area contributed by atoms with Gasteiger partial charge in [0.25, 0.3) is 5.69 Å². The minimum absolute atomic E-state index is 0.157. The predicted molar refractivity (Wildman–Crippen MR) is 89.9 cm³/mol. The first-order chi connectivity index (χ1) is 9.95. The van der Waals surface area contributed by atoms with E-state index in [1.54, 1.807) is 23.5 Å². The number of nitrogens with zero attached hydrogens (tertiary/aromatic N) is 1. The molecule has 6 heteroatoms. The average Bonchev–Trinajstić information content (AvgIpc) is 2.81. The Morgan fingerprint density at radius 2 is 2.14 bits per heavy atom. The van der Waals surface area contributed by atoms with Gasteiger partial charge in [0.2, 0.25) is 0 Å². The summed E-state index contributed by atoms with van der Waals surface area (Å²) in [6.07, 6.45) is 0.931. The van der Waals surface area contributed by atoms with Gasteiger partial charge in [0.15, 0.2) is 0 Å². The maximum Gasteiger partial charge on any atom is 0.273 e. The second-order valence-corrected chi connectivity index (χ2v) is 7.32. The highest BCUT2D eigenvalue weighted by atomic mass is 79.9. The van der Waals surface area contributed by atoms with Gasteiger partial charge in [-0.25, -0.2) is 0 Å². The first kappa shape index (κ1) is 16.1. The number of nitro groups is 1. The van der Waals surface area contributed by atoms with Crippen molar-refractivity contribution in [3.63, 3.8) is 0 Å². The number of thiophene rings is 1. The molecule has 2 rings (SSSR count). The van der Waals surface area contributed by atoms with Crippen LogP contribution in [0.5, 0.6) is 0 Å². The van der Waals surface area contributed by atoms with Crippen LogP contribution in [-0.2, 0) is 13.0 Å². The summed E-state index contributed by atoms with van der Waals surface area (Å²) in [6, 6.07) is 9.55. The van der Waals surface area contributed by atoms with E-state index in [1.165, 1.54) is 15.8 Å². The number of hydrogen-bond acceptors (Lipinski definition) is 4. The molecule has 0 aliphatic carbocycles. The van der Waals surface area contributed by atoms with Crippen molar-refractivity contribution in [1.29, 1.82) is 0 Å². The molecule has 0 aliphatic rings. The second kappa shape index (κ2) is 7.15. The molecule has 1 N–H and O–H groups in total. The van der Waals surface area contributed by atoms with Crippen molar-refractivity contribution in [2.75, 3.05) is 0 Å². The summed E-state index contributed by atoms with van der Waals surface area (Å²) < 4.78 is 0.853. The third kappa shape index (κ3) is 4.62. The van der Waals surface area contributed by atoms with Crippen LogP contribution < -0.4 is 5.32 Å². The molecule has 0 saturated carbocycles. The lowest BCUT2D eigenvalue weighted by molar-refractivity contribution is -0.385. The Morgan fingerprint density at radius 3 is 2.76 bits per heavy atom. The van der Waals surface area contributed by atoms with Gasteiger partial charge in [-0.3, -0.25) is 10.1 Å². The lowest BCUT2D eigenvalue weighted by atomic mass is 10.1. The van der Waals surface area contributed by atoms with Gasteiger partial charge in [-0.15, -0.1) is 11.3 Å². The lowest BCUT2D eigenvalue weighted by Gasteiger charge is -2.13. The molecule has 0 bridgehead atoms. The SMILES string of the molecule is Cc1ccc(CC(C)NCc2cc(Br)ccc2[N+](=O)[O-])s1. The molecule has 4 nitrogen and oxygen atoms in total. The second-order valence-electron chi connectivity index (χ2n) is 5.03. The van der Waals surface area contributed by atoms with Gasteiger partial charge in [-0.2, -0.15) is 0 Å². The fraction of sp³-hybridized carbons (Fsp3) is 0.333. The summed E-state index contributed by atoms with van der Waals surface area (Å²) in [4.78, 5) is 13.3. The van der Waals surface area contributed by atoms with Crippen molar-refractivity contribution in [3.8, 4) is 0 Å². The molecule has 1 atom stereocenters. The van der Waals surface area contributed by atoms with Crippen LogP contribution in [0.3, 0.4) is 0 Å². The van der Waals surface area contributed by atoms with Crippen molar-refractivity contribution < 1.29 is 4.92 Å². The van der Waals surface area contributed by atoms with E-state index in [0.29, 0.717) is 12.1 Å². The summed E-state index contributed by atoms with van der Waals surface area (Å²) in [5.41, 5.74) is 0.855. The Balaban J connectivity index is 1.99. The van der Waals surface area contributed by atoms with Gasteiger partial charge >= 0.3 is 0 Å². The zero-order valence-electron chi connectivity index (χ0n) is 11.9. The van der Waals surface area contributed by atoms with Crippen molar-refractivity contribution in [1.82, 2.24) is 5.32 Å². The summed E-state index contributed by atoms with van der Waals surface area (Å²) in [5, 5.41) is 14.4. The quantitative estimate of drug-likeness (QED) is 0.605. The molecule has 2 aromatic rings. The Bertz CT molecular complexity index is 642. The summed E-state index contributed by atoms with van der Waals surface area (Å²) in [6.45, 7) is 4.68. The molecule has 1 unspecified atom stereocenters. The highest BCUT2D eigenvalue weighted by molar-refractivity contribution is 9.10. The monoisotopic (exact) mass is 368 g/mol. The van der Waals surface area contributed by atoms with Crippen LogP contribution in [0.15, 0.2) is 34.8 Å². The largest absolute Gasteiger partial charge is 0.310 e. The highest BCUT2D eigenvalue weighted by Crippen LogP contribution is 2.23. The van der Waals surface area contributed by atoms with E-state index in [1.807, 2.05) is 0 Å². The zero-order chi connectivity index (χ0) is 15.4. The average molecular weight is 369 g/mol. The number of rotatable bonds is 6. The number of halogens is 1. The normalized spacial score (nSPS) is 12.3. The molecule has 1 heterocycles. The van der Waals surface area contributed by atoms with Gasteiger partial charge in [0, 0.05) is 38.4 Å². The standard InChI is InChI=1S/C15H17BrN2O2S/c1-10(7-14-5-3-11(2)21-14)17-9-12-8-13(16)4-6-15(12)18(19)20/h3-6,8,10,17H,7,9H2,1-2H3. The van der Waals surface area contributed by atoms with E-state index in [0.717, 1.165) is 10.9 Å². The van der Waals surface area contributed by atoms with Gasteiger partial charge in [-0.1, -0.05) is 15.9 Å². The van der Waals surface area contributed by atoms with Crippen molar-refractivity contribution in [2.24, 2.45) is 0 Å². The number of nitrogens with one attached hydrogen (secondary N) is 1. The molecular formula is C15H17BrN2O2S. The maximum atomic E-state index is 11.0. The lowest BCUT2D eigenvalue weighted by Crippen LogP contribution is -2.27. The minimum Gasteiger partial charge on any atom is -0.310 e. The first-order valence-corrected chi connectivity index (χ1v) is 8.28. The summed E-state index contributed by atoms with van der Waals surface area (Å²) >= 11 is 5.15. The summed E-state index contributed by atoms with van der Waals surface area (Å²) in [7, 11) is 0. The fourth-order valence-electron chi connectivity index (χ4n) is 2.13.